The smallest absolute Gasteiger partial charge is 0.322 e. The van der Waals surface area contributed by atoms with Gasteiger partial charge in [-0.1, -0.05) is 24.3 Å². The van der Waals surface area contributed by atoms with Crippen LogP contribution in [0.4, 0.5) is 28.9 Å². The Bertz CT molecular complexity index is 1150. The number of amides is 2. The van der Waals surface area contributed by atoms with E-state index in [4.69, 9.17) is 0 Å². The summed E-state index contributed by atoms with van der Waals surface area (Å²) in [5.41, 5.74) is -1.28. The maximum atomic E-state index is 13.8. The maximum Gasteiger partial charge on any atom is 0.434 e. The van der Waals surface area contributed by atoms with Crippen molar-refractivity contribution in [2.75, 3.05) is 10.6 Å². The molecule has 2 aromatic carbocycles. The van der Waals surface area contributed by atoms with Crippen LogP contribution in [0.5, 0.6) is 0 Å². The van der Waals surface area contributed by atoms with Crippen molar-refractivity contribution in [2.24, 2.45) is 0 Å². The maximum absolute atomic E-state index is 13.8. The minimum Gasteiger partial charge on any atom is -0.322 e. The first-order valence-corrected chi connectivity index (χ1v) is 8.86. The fourth-order valence-electron chi connectivity index (χ4n) is 2.75. The van der Waals surface area contributed by atoms with E-state index < -0.39 is 35.1 Å². The highest BCUT2D eigenvalue weighted by molar-refractivity contribution is 6.06. The SMILES string of the molecule is C=CC(=O)Nc1cc(NC(=O)c2cnn(-c3ccc(C)cc3)c2C(F)(F)F)ccc1F. The van der Waals surface area contributed by atoms with Gasteiger partial charge in [0.25, 0.3) is 5.91 Å². The van der Waals surface area contributed by atoms with Gasteiger partial charge in [0.15, 0.2) is 5.69 Å². The number of alkyl halides is 3. The molecule has 0 fully saturated rings. The van der Waals surface area contributed by atoms with Crippen LogP contribution in [0.3, 0.4) is 0 Å². The summed E-state index contributed by atoms with van der Waals surface area (Å²) >= 11 is 0. The molecule has 3 aromatic rings. The van der Waals surface area contributed by atoms with E-state index in [-0.39, 0.29) is 17.1 Å². The first-order valence-electron chi connectivity index (χ1n) is 8.86. The largest absolute Gasteiger partial charge is 0.434 e. The average molecular weight is 432 g/mol. The minimum atomic E-state index is -4.88. The Hall–Kier alpha value is -3.95. The molecule has 2 N–H and O–H groups in total. The highest BCUT2D eigenvalue weighted by Gasteiger charge is 2.40. The molecule has 31 heavy (non-hydrogen) atoms. The number of aromatic nitrogens is 2. The molecule has 0 unspecified atom stereocenters. The highest BCUT2D eigenvalue weighted by atomic mass is 19.4. The summed E-state index contributed by atoms with van der Waals surface area (Å²) in [6, 6.07) is 9.32. The van der Waals surface area contributed by atoms with Crippen LogP contribution in [0.1, 0.15) is 21.6 Å². The third-order valence-corrected chi connectivity index (χ3v) is 4.23. The second-order valence-electron chi connectivity index (χ2n) is 6.49. The third-order valence-electron chi connectivity index (χ3n) is 4.23. The standard InChI is InChI=1S/C21H16F4N4O2/c1-3-18(30)28-17-10-13(6-9-16(17)22)27-20(31)15-11-26-29(19(15)21(23,24)25)14-7-4-12(2)5-8-14/h3-11H,1H2,2H3,(H,27,31)(H,28,30). The fraction of sp³-hybridized carbons (Fsp3) is 0.0952. The van der Waals surface area contributed by atoms with Gasteiger partial charge >= 0.3 is 6.18 Å². The number of carbonyl (C=O) groups excluding carboxylic acids is 2. The molecule has 0 aliphatic heterocycles. The number of hydrogen-bond donors (Lipinski definition) is 2. The summed E-state index contributed by atoms with van der Waals surface area (Å²) in [7, 11) is 0. The number of nitrogens with one attached hydrogen (secondary N) is 2. The first-order chi connectivity index (χ1) is 14.6. The summed E-state index contributed by atoms with van der Waals surface area (Å²) < 4.78 is 55.8. The molecule has 1 heterocycles. The van der Waals surface area contributed by atoms with E-state index in [2.05, 4.69) is 22.3 Å². The summed E-state index contributed by atoms with van der Waals surface area (Å²) in [6.45, 7) is 5.02. The van der Waals surface area contributed by atoms with Crippen molar-refractivity contribution >= 4 is 23.2 Å². The molecule has 0 bridgehead atoms. The van der Waals surface area contributed by atoms with E-state index in [9.17, 15) is 27.2 Å². The number of anilines is 2. The molecule has 1 aromatic heterocycles. The third kappa shape index (κ3) is 4.80. The van der Waals surface area contributed by atoms with Crippen LogP contribution >= 0.6 is 0 Å². The van der Waals surface area contributed by atoms with Crippen molar-refractivity contribution in [1.29, 1.82) is 0 Å². The van der Waals surface area contributed by atoms with Crippen LogP contribution in [-0.4, -0.2) is 21.6 Å². The second kappa shape index (κ2) is 8.42. The predicted octanol–water partition coefficient (Wildman–Crippen LogP) is 4.72. The molecule has 0 radical (unpaired) electrons. The average Bonchev–Trinajstić information content (AvgIpc) is 3.17. The van der Waals surface area contributed by atoms with Crippen molar-refractivity contribution in [3.05, 3.63) is 84.0 Å². The van der Waals surface area contributed by atoms with Gasteiger partial charge in [-0.25, -0.2) is 9.07 Å². The molecule has 0 saturated carbocycles. The molecule has 10 heteroatoms. The van der Waals surface area contributed by atoms with E-state index in [1.54, 1.807) is 19.1 Å². The van der Waals surface area contributed by atoms with Gasteiger partial charge in [-0.05, 0) is 43.3 Å². The van der Waals surface area contributed by atoms with Crippen LogP contribution in [0.25, 0.3) is 5.69 Å². The van der Waals surface area contributed by atoms with Gasteiger partial charge in [0.2, 0.25) is 5.91 Å². The molecule has 0 saturated heterocycles. The molecule has 0 atom stereocenters. The van der Waals surface area contributed by atoms with E-state index in [0.717, 1.165) is 36.0 Å². The van der Waals surface area contributed by atoms with Crippen molar-refractivity contribution in [3.63, 3.8) is 0 Å². The topological polar surface area (TPSA) is 76.0 Å². The zero-order valence-corrected chi connectivity index (χ0v) is 16.1. The zero-order valence-electron chi connectivity index (χ0n) is 16.1. The quantitative estimate of drug-likeness (QED) is 0.453. The lowest BCUT2D eigenvalue weighted by Gasteiger charge is -2.13. The van der Waals surface area contributed by atoms with Gasteiger partial charge < -0.3 is 10.6 Å². The Balaban J connectivity index is 1.95. The molecule has 6 nitrogen and oxygen atoms in total. The highest BCUT2D eigenvalue weighted by Crippen LogP contribution is 2.34. The monoisotopic (exact) mass is 432 g/mol. The number of nitrogens with zero attached hydrogens (tertiary/aromatic N) is 2. The first kappa shape index (κ1) is 21.8. The van der Waals surface area contributed by atoms with Crippen LogP contribution in [0.15, 0.2) is 61.3 Å². The van der Waals surface area contributed by atoms with E-state index in [1.807, 2.05) is 0 Å². The molecule has 3 rings (SSSR count). The normalized spacial score (nSPS) is 11.1. The summed E-state index contributed by atoms with van der Waals surface area (Å²) in [4.78, 5) is 24.0. The predicted molar refractivity (Wildman–Crippen MR) is 106 cm³/mol. The van der Waals surface area contributed by atoms with Crippen LogP contribution in [0, 0.1) is 12.7 Å². The van der Waals surface area contributed by atoms with Gasteiger partial charge in [-0.15, -0.1) is 0 Å². The second-order valence-corrected chi connectivity index (χ2v) is 6.49. The number of halogens is 4. The number of rotatable bonds is 5. The van der Waals surface area contributed by atoms with Gasteiger partial charge in [0.05, 0.1) is 23.1 Å². The summed E-state index contributed by atoms with van der Waals surface area (Å²) in [5, 5.41) is 8.20. The molecule has 160 valence electrons. The Morgan fingerprint density at radius 3 is 2.39 bits per heavy atom. The lowest BCUT2D eigenvalue weighted by atomic mass is 10.2. The van der Waals surface area contributed by atoms with E-state index >= 15 is 0 Å². The van der Waals surface area contributed by atoms with Crippen molar-refractivity contribution in [3.8, 4) is 5.69 Å². The van der Waals surface area contributed by atoms with E-state index in [1.165, 1.54) is 12.1 Å². The number of aryl methyl sites for hydroxylation is 1. The van der Waals surface area contributed by atoms with Crippen molar-refractivity contribution in [1.82, 2.24) is 9.78 Å². The summed E-state index contributed by atoms with van der Waals surface area (Å²) in [5.74, 6) is -2.59. The molecule has 0 spiro atoms. The Labute approximate surface area is 174 Å². The fourth-order valence-corrected chi connectivity index (χ4v) is 2.75. The van der Waals surface area contributed by atoms with Gasteiger partial charge in [-0.3, -0.25) is 9.59 Å². The molecule has 2 amide bonds. The van der Waals surface area contributed by atoms with Crippen molar-refractivity contribution in [2.45, 2.75) is 13.1 Å². The van der Waals surface area contributed by atoms with Crippen LogP contribution in [0.2, 0.25) is 0 Å². The van der Waals surface area contributed by atoms with Crippen LogP contribution in [-0.2, 0) is 11.0 Å². The Morgan fingerprint density at radius 2 is 1.77 bits per heavy atom. The number of carbonyl (C=O) groups is 2. The van der Waals surface area contributed by atoms with E-state index in [0.29, 0.717) is 4.68 Å². The lowest BCUT2D eigenvalue weighted by Crippen LogP contribution is -2.21. The number of hydrogen-bond acceptors (Lipinski definition) is 3. The van der Waals surface area contributed by atoms with Crippen molar-refractivity contribution < 1.29 is 27.2 Å². The Kier molecular flexibility index (Phi) is 5.91. The number of benzene rings is 2. The summed E-state index contributed by atoms with van der Waals surface area (Å²) in [6.07, 6.45) is -3.15. The lowest BCUT2D eigenvalue weighted by molar-refractivity contribution is -0.143. The molecular weight excluding hydrogens is 416 g/mol. The molecule has 0 aliphatic rings. The van der Waals surface area contributed by atoms with Crippen LogP contribution < -0.4 is 10.6 Å². The minimum absolute atomic E-state index is 0.0260. The molecular formula is C21H16F4N4O2. The van der Waals surface area contributed by atoms with Gasteiger partial charge in [0.1, 0.15) is 5.82 Å². The zero-order chi connectivity index (χ0) is 22.8. The molecule has 0 aliphatic carbocycles. The van der Waals surface area contributed by atoms with Gasteiger partial charge in [-0.2, -0.15) is 18.3 Å². The van der Waals surface area contributed by atoms with Gasteiger partial charge in [0, 0.05) is 5.69 Å². The Morgan fingerprint density at radius 1 is 1.10 bits per heavy atom.